The summed E-state index contributed by atoms with van der Waals surface area (Å²) in [5, 5.41) is 0. The van der Waals surface area contributed by atoms with Crippen molar-refractivity contribution >= 4 is 5.82 Å². The minimum Gasteiger partial charge on any atom is -0.357 e. The number of rotatable bonds is 2. The van der Waals surface area contributed by atoms with Gasteiger partial charge in [-0.15, -0.1) is 0 Å². The lowest BCUT2D eigenvalue weighted by molar-refractivity contribution is 0.436. The Bertz CT molecular complexity index is 417. The Morgan fingerprint density at radius 1 is 1.33 bits per heavy atom. The Balaban J connectivity index is 1.97. The minimum atomic E-state index is 0.862. The van der Waals surface area contributed by atoms with E-state index in [1.807, 2.05) is 6.20 Å². The molecule has 0 aliphatic carbocycles. The Labute approximate surface area is 110 Å². The topological polar surface area (TPSA) is 16.1 Å². The van der Waals surface area contributed by atoms with Crippen molar-refractivity contribution in [2.45, 2.75) is 39.5 Å². The summed E-state index contributed by atoms with van der Waals surface area (Å²) in [6.07, 6.45) is 6.53. The molecule has 0 unspecified atom stereocenters. The van der Waals surface area contributed by atoms with Crippen LogP contribution in [0.3, 0.4) is 0 Å². The van der Waals surface area contributed by atoms with E-state index >= 15 is 0 Å². The van der Waals surface area contributed by atoms with E-state index in [-0.39, 0.29) is 0 Å². The summed E-state index contributed by atoms with van der Waals surface area (Å²) in [5.74, 6) is 8.27. The predicted octanol–water partition coefficient (Wildman–Crippen LogP) is 3.47. The monoisotopic (exact) mass is 242 g/mol. The van der Waals surface area contributed by atoms with Gasteiger partial charge >= 0.3 is 0 Å². The predicted molar refractivity (Wildman–Crippen MR) is 76.6 cm³/mol. The lowest BCUT2D eigenvalue weighted by Crippen LogP contribution is -2.33. The molecular formula is C16H22N2. The number of piperidine rings is 1. The quantitative estimate of drug-likeness (QED) is 0.738. The molecule has 1 aromatic rings. The SMILES string of the molecule is CCCC#Cc1ccc(N2CCC(C)CC2)nc1. The summed E-state index contributed by atoms with van der Waals surface area (Å²) in [4.78, 5) is 6.91. The van der Waals surface area contributed by atoms with Crippen LogP contribution in [0, 0.1) is 17.8 Å². The molecule has 0 bridgehead atoms. The van der Waals surface area contributed by atoms with Crippen LogP contribution >= 0.6 is 0 Å². The summed E-state index contributed by atoms with van der Waals surface area (Å²) >= 11 is 0. The van der Waals surface area contributed by atoms with Crippen LogP contribution in [-0.4, -0.2) is 18.1 Å². The van der Waals surface area contributed by atoms with Crippen molar-refractivity contribution in [1.82, 2.24) is 4.98 Å². The first-order valence-electron chi connectivity index (χ1n) is 6.99. The van der Waals surface area contributed by atoms with Crippen LogP contribution in [0.25, 0.3) is 0 Å². The van der Waals surface area contributed by atoms with Gasteiger partial charge in [0.25, 0.3) is 0 Å². The summed E-state index contributed by atoms with van der Waals surface area (Å²) in [6, 6.07) is 4.19. The number of nitrogens with zero attached hydrogens (tertiary/aromatic N) is 2. The molecule has 1 saturated heterocycles. The van der Waals surface area contributed by atoms with Gasteiger partial charge in [0.1, 0.15) is 5.82 Å². The highest BCUT2D eigenvalue weighted by molar-refractivity contribution is 5.43. The van der Waals surface area contributed by atoms with E-state index in [2.05, 4.69) is 47.7 Å². The fourth-order valence-electron chi connectivity index (χ4n) is 2.17. The maximum Gasteiger partial charge on any atom is 0.128 e. The number of anilines is 1. The molecule has 1 aromatic heterocycles. The van der Waals surface area contributed by atoms with Crippen LogP contribution in [0.4, 0.5) is 5.82 Å². The number of unbranched alkanes of at least 4 members (excludes halogenated alkanes) is 1. The summed E-state index contributed by atoms with van der Waals surface area (Å²) in [5.41, 5.74) is 1.03. The molecule has 96 valence electrons. The molecule has 1 aliphatic heterocycles. The van der Waals surface area contributed by atoms with Gasteiger partial charge in [-0.2, -0.15) is 0 Å². The van der Waals surface area contributed by atoms with Gasteiger partial charge in [-0.3, -0.25) is 0 Å². The lowest BCUT2D eigenvalue weighted by Gasteiger charge is -2.31. The zero-order chi connectivity index (χ0) is 12.8. The van der Waals surface area contributed by atoms with Gasteiger partial charge in [-0.1, -0.05) is 25.7 Å². The standard InChI is InChI=1S/C16H22N2/c1-3-4-5-6-15-7-8-16(17-13-15)18-11-9-14(2)10-12-18/h7-8,13-14H,3-4,9-12H2,1-2H3. The van der Waals surface area contributed by atoms with Gasteiger partial charge in [0.05, 0.1) is 0 Å². The van der Waals surface area contributed by atoms with E-state index in [4.69, 9.17) is 0 Å². The molecule has 18 heavy (non-hydrogen) atoms. The van der Waals surface area contributed by atoms with E-state index in [0.717, 1.165) is 43.2 Å². The normalized spacial score (nSPS) is 16.2. The van der Waals surface area contributed by atoms with Crippen molar-refractivity contribution in [2.75, 3.05) is 18.0 Å². The largest absolute Gasteiger partial charge is 0.357 e. The van der Waals surface area contributed by atoms with Crippen molar-refractivity contribution in [3.8, 4) is 11.8 Å². The first kappa shape index (κ1) is 13.0. The second-order valence-electron chi connectivity index (χ2n) is 5.13. The highest BCUT2D eigenvalue weighted by atomic mass is 15.2. The zero-order valence-electron chi connectivity index (χ0n) is 11.4. The number of hydrogen-bond acceptors (Lipinski definition) is 2. The van der Waals surface area contributed by atoms with Crippen molar-refractivity contribution in [2.24, 2.45) is 5.92 Å². The van der Waals surface area contributed by atoms with Gasteiger partial charge in [0.2, 0.25) is 0 Å². The maximum absolute atomic E-state index is 4.53. The Morgan fingerprint density at radius 2 is 2.11 bits per heavy atom. The van der Waals surface area contributed by atoms with Gasteiger partial charge in [0.15, 0.2) is 0 Å². The second kappa shape index (κ2) is 6.44. The van der Waals surface area contributed by atoms with E-state index in [1.54, 1.807) is 0 Å². The van der Waals surface area contributed by atoms with Crippen LogP contribution in [0.1, 0.15) is 45.1 Å². The molecule has 0 saturated carbocycles. The smallest absolute Gasteiger partial charge is 0.128 e. The first-order chi connectivity index (χ1) is 8.79. The van der Waals surface area contributed by atoms with Gasteiger partial charge in [-0.25, -0.2) is 4.98 Å². The number of aromatic nitrogens is 1. The van der Waals surface area contributed by atoms with Crippen LogP contribution in [-0.2, 0) is 0 Å². The van der Waals surface area contributed by atoms with Crippen LogP contribution in [0.5, 0.6) is 0 Å². The summed E-state index contributed by atoms with van der Waals surface area (Å²) in [7, 11) is 0. The molecule has 2 heteroatoms. The molecule has 0 amide bonds. The van der Waals surface area contributed by atoms with E-state index in [1.165, 1.54) is 12.8 Å². The van der Waals surface area contributed by atoms with Gasteiger partial charge < -0.3 is 4.90 Å². The Morgan fingerprint density at radius 3 is 2.72 bits per heavy atom. The van der Waals surface area contributed by atoms with Crippen LogP contribution < -0.4 is 4.90 Å². The fraction of sp³-hybridized carbons (Fsp3) is 0.562. The molecule has 1 fully saturated rings. The third-order valence-corrected chi connectivity index (χ3v) is 3.46. The average molecular weight is 242 g/mol. The average Bonchev–Trinajstić information content (AvgIpc) is 2.41. The fourth-order valence-corrected chi connectivity index (χ4v) is 2.17. The highest BCUT2D eigenvalue weighted by Gasteiger charge is 2.16. The van der Waals surface area contributed by atoms with Crippen molar-refractivity contribution < 1.29 is 0 Å². The van der Waals surface area contributed by atoms with Crippen molar-refractivity contribution in [3.63, 3.8) is 0 Å². The molecule has 0 radical (unpaired) electrons. The van der Waals surface area contributed by atoms with Crippen molar-refractivity contribution in [1.29, 1.82) is 0 Å². The minimum absolute atomic E-state index is 0.862. The Kier molecular flexibility index (Phi) is 4.64. The van der Waals surface area contributed by atoms with E-state index in [0.29, 0.717) is 0 Å². The lowest BCUT2D eigenvalue weighted by atomic mass is 9.99. The molecular weight excluding hydrogens is 220 g/mol. The van der Waals surface area contributed by atoms with Gasteiger partial charge in [-0.05, 0) is 37.3 Å². The molecule has 0 spiro atoms. The highest BCUT2D eigenvalue weighted by Crippen LogP contribution is 2.21. The molecule has 2 rings (SSSR count). The molecule has 2 heterocycles. The maximum atomic E-state index is 4.53. The summed E-state index contributed by atoms with van der Waals surface area (Å²) in [6.45, 7) is 6.74. The van der Waals surface area contributed by atoms with E-state index < -0.39 is 0 Å². The third-order valence-electron chi connectivity index (χ3n) is 3.46. The summed E-state index contributed by atoms with van der Waals surface area (Å²) < 4.78 is 0. The van der Waals surface area contributed by atoms with Crippen LogP contribution in [0.15, 0.2) is 18.3 Å². The first-order valence-corrected chi connectivity index (χ1v) is 6.99. The molecule has 0 aromatic carbocycles. The molecule has 0 atom stereocenters. The number of pyridine rings is 1. The Hall–Kier alpha value is -1.49. The van der Waals surface area contributed by atoms with Gasteiger partial charge in [0, 0.05) is 31.3 Å². The molecule has 2 nitrogen and oxygen atoms in total. The second-order valence-corrected chi connectivity index (χ2v) is 5.13. The van der Waals surface area contributed by atoms with E-state index in [9.17, 15) is 0 Å². The molecule has 0 N–H and O–H groups in total. The zero-order valence-corrected chi connectivity index (χ0v) is 11.4. The van der Waals surface area contributed by atoms with Crippen LogP contribution in [0.2, 0.25) is 0 Å². The number of hydrogen-bond donors (Lipinski definition) is 0. The van der Waals surface area contributed by atoms with Crippen molar-refractivity contribution in [3.05, 3.63) is 23.9 Å². The third kappa shape index (κ3) is 3.50. The molecule has 1 aliphatic rings.